The van der Waals surface area contributed by atoms with Crippen LogP contribution in [0.4, 0.5) is 0 Å². The number of benzene rings is 3. The second-order valence-electron chi connectivity index (χ2n) is 9.14. The topological polar surface area (TPSA) is 38.8 Å². The van der Waals surface area contributed by atoms with Crippen molar-refractivity contribution in [3.63, 3.8) is 0 Å². The molecule has 172 valence electrons. The first-order valence-corrected chi connectivity index (χ1v) is 11.7. The first-order chi connectivity index (χ1) is 16.0. The molecule has 1 aliphatic rings. The van der Waals surface area contributed by atoms with Crippen molar-refractivity contribution in [1.82, 2.24) is 4.90 Å². The Labute approximate surface area is 196 Å². The molecule has 0 radical (unpaired) electrons. The lowest BCUT2D eigenvalue weighted by molar-refractivity contribution is -0.135. The van der Waals surface area contributed by atoms with Gasteiger partial charge in [0.15, 0.2) is 0 Å². The fourth-order valence-corrected chi connectivity index (χ4v) is 4.63. The van der Waals surface area contributed by atoms with Crippen LogP contribution in [-0.4, -0.2) is 38.6 Å². The molecule has 3 aromatic rings. The number of nitrogens with zero attached hydrogens (tertiary/aromatic N) is 1. The number of carbonyl (C=O) groups is 1. The lowest BCUT2D eigenvalue weighted by atomic mass is 9.86. The predicted octanol–water partition coefficient (Wildman–Crippen LogP) is 6.45. The van der Waals surface area contributed by atoms with E-state index in [2.05, 4.69) is 31.1 Å². The second-order valence-corrected chi connectivity index (χ2v) is 9.14. The van der Waals surface area contributed by atoms with Crippen molar-refractivity contribution in [3.8, 4) is 11.5 Å². The van der Waals surface area contributed by atoms with Crippen molar-refractivity contribution in [2.45, 2.75) is 38.5 Å². The minimum absolute atomic E-state index is 0.235. The summed E-state index contributed by atoms with van der Waals surface area (Å²) >= 11 is 0. The smallest absolute Gasteiger partial charge is 0.318 e. The molecule has 0 aromatic heterocycles. The zero-order valence-electron chi connectivity index (χ0n) is 20.1. The van der Waals surface area contributed by atoms with Gasteiger partial charge in [-0.05, 0) is 86.8 Å². The van der Waals surface area contributed by atoms with Crippen LogP contribution in [0.3, 0.4) is 0 Å². The van der Waals surface area contributed by atoms with Crippen LogP contribution < -0.4 is 9.47 Å². The Balaban J connectivity index is 1.59. The lowest BCUT2D eigenvalue weighted by Gasteiger charge is -2.25. The van der Waals surface area contributed by atoms with Gasteiger partial charge in [0, 0.05) is 12.1 Å². The fourth-order valence-electron chi connectivity index (χ4n) is 4.63. The number of rotatable bonds is 7. The summed E-state index contributed by atoms with van der Waals surface area (Å²) in [6.45, 7) is 2.85. The summed E-state index contributed by atoms with van der Waals surface area (Å²) in [5.41, 5.74) is 4.79. The summed E-state index contributed by atoms with van der Waals surface area (Å²) in [6, 6.07) is 20.0. The number of fused-ring (bicyclic) bond motifs is 1. The van der Waals surface area contributed by atoms with E-state index in [1.165, 1.54) is 24.0 Å². The van der Waals surface area contributed by atoms with Gasteiger partial charge in [0.05, 0.1) is 13.0 Å². The van der Waals surface area contributed by atoms with E-state index in [0.29, 0.717) is 5.75 Å². The van der Waals surface area contributed by atoms with Gasteiger partial charge >= 0.3 is 5.97 Å². The van der Waals surface area contributed by atoms with Crippen molar-refractivity contribution in [2.24, 2.45) is 0 Å². The second kappa shape index (κ2) is 10.2. The third-order valence-electron chi connectivity index (χ3n) is 6.44. The van der Waals surface area contributed by atoms with Crippen LogP contribution in [0.2, 0.25) is 0 Å². The number of ether oxygens (including phenoxy) is 2. The number of esters is 1. The number of likely N-dealkylation sites (N-methyl/N-ethyl adjacent to an activating group) is 1. The molecule has 0 saturated heterocycles. The molecule has 4 rings (SSSR count). The highest BCUT2D eigenvalue weighted by Crippen LogP contribution is 2.37. The van der Waals surface area contributed by atoms with Crippen molar-refractivity contribution in [3.05, 3.63) is 77.4 Å². The van der Waals surface area contributed by atoms with E-state index in [1.54, 1.807) is 7.11 Å². The summed E-state index contributed by atoms with van der Waals surface area (Å²) in [5, 5.41) is 2.16. The molecular weight excluding hydrogens is 410 g/mol. The first kappa shape index (κ1) is 23.1. The molecule has 4 nitrogen and oxygen atoms in total. The quantitative estimate of drug-likeness (QED) is 0.311. The van der Waals surface area contributed by atoms with Crippen LogP contribution in [0, 0.1) is 0 Å². The molecule has 0 fully saturated rings. The van der Waals surface area contributed by atoms with Gasteiger partial charge in [0.2, 0.25) is 0 Å². The van der Waals surface area contributed by atoms with Crippen molar-refractivity contribution in [1.29, 1.82) is 0 Å². The standard InChI is InChI=1S/C29H33NO3/c1-20(21-13-14-23-18-25(32-4)16-15-22(23)17-21)29(31)33-28-12-8-7-11-27(28)26-10-6-5-9-24(26)19-30(2)3/h7-8,11-18,20H,5-6,9-10,19H2,1-4H3. The Bertz CT molecular complexity index is 1180. The number of allylic oxidation sites excluding steroid dienone is 1. The Kier molecular flexibility index (Phi) is 7.14. The predicted molar refractivity (Wildman–Crippen MR) is 135 cm³/mol. The largest absolute Gasteiger partial charge is 0.497 e. The van der Waals surface area contributed by atoms with Gasteiger partial charge in [-0.15, -0.1) is 0 Å². The zero-order chi connectivity index (χ0) is 23.4. The molecule has 0 heterocycles. The summed E-state index contributed by atoms with van der Waals surface area (Å²) in [7, 11) is 5.87. The normalized spacial score (nSPS) is 15.1. The van der Waals surface area contributed by atoms with E-state index < -0.39 is 0 Å². The lowest BCUT2D eigenvalue weighted by Crippen LogP contribution is -2.19. The fraction of sp³-hybridized carbons (Fsp3) is 0.345. The van der Waals surface area contributed by atoms with Gasteiger partial charge in [-0.2, -0.15) is 0 Å². The molecule has 0 N–H and O–H groups in total. The van der Waals surface area contributed by atoms with Crippen LogP contribution in [0.1, 0.15) is 49.7 Å². The Hall–Kier alpha value is -3.11. The van der Waals surface area contributed by atoms with Crippen LogP contribution in [-0.2, 0) is 4.79 Å². The van der Waals surface area contributed by atoms with Crippen LogP contribution in [0.5, 0.6) is 11.5 Å². The van der Waals surface area contributed by atoms with Gasteiger partial charge in [-0.1, -0.05) is 48.0 Å². The highest BCUT2D eigenvalue weighted by Gasteiger charge is 2.22. The molecule has 0 amide bonds. The number of hydrogen-bond donors (Lipinski definition) is 0. The van der Waals surface area contributed by atoms with Crippen molar-refractivity contribution >= 4 is 22.3 Å². The molecule has 1 aliphatic carbocycles. The summed E-state index contributed by atoms with van der Waals surface area (Å²) in [6.07, 6.45) is 4.53. The Morgan fingerprint density at radius 2 is 1.70 bits per heavy atom. The molecule has 0 bridgehead atoms. The van der Waals surface area contributed by atoms with E-state index in [9.17, 15) is 4.79 Å². The average molecular weight is 444 g/mol. The maximum Gasteiger partial charge on any atom is 0.318 e. The molecule has 1 atom stereocenters. The van der Waals surface area contributed by atoms with Gasteiger partial charge in [-0.3, -0.25) is 4.79 Å². The number of para-hydroxylation sites is 1. The van der Waals surface area contributed by atoms with Gasteiger partial charge in [0.25, 0.3) is 0 Å². The van der Waals surface area contributed by atoms with Gasteiger partial charge in [-0.25, -0.2) is 0 Å². The highest BCUT2D eigenvalue weighted by molar-refractivity contribution is 5.88. The molecular formula is C29H33NO3. The molecule has 0 aliphatic heterocycles. The number of carbonyl (C=O) groups excluding carboxylic acids is 1. The van der Waals surface area contributed by atoms with E-state index in [-0.39, 0.29) is 11.9 Å². The molecule has 3 aromatic carbocycles. The van der Waals surface area contributed by atoms with Gasteiger partial charge < -0.3 is 14.4 Å². The Morgan fingerprint density at radius 3 is 2.48 bits per heavy atom. The summed E-state index contributed by atoms with van der Waals surface area (Å²) < 4.78 is 11.3. The molecule has 4 heteroatoms. The van der Waals surface area contributed by atoms with Crippen molar-refractivity contribution < 1.29 is 14.3 Å². The summed E-state index contributed by atoms with van der Waals surface area (Å²) in [4.78, 5) is 15.4. The maximum atomic E-state index is 13.2. The van der Waals surface area contributed by atoms with E-state index in [1.807, 2.05) is 55.5 Å². The third kappa shape index (κ3) is 5.28. The molecule has 33 heavy (non-hydrogen) atoms. The minimum Gasteiger partial charge on any atom is -0.497 e. The van der Waals surface area contributed by atoms with E-state index in [0.717, 1.165) is 47.0 Å². The Morgan fingerprint density at radius 1 is 0.970 bits per heavy atom. The van der Waals surface area contributed by atoms with Crippen LogP contribution in [0.15, 0.2) is 66.2 Å². The number of hydrogen-bond acceptors (Lipinski definition) is 4. The molecule has 0 saturated carbocycles. The monoisotopic (exact) mass is 443 g/mol. The van der Waals surface area contributed by atoms with E-state index >= 15 is 0 Å². The maximum absolute atomic E-state index is 13.2. The molecule has 1 unspecified atom stereocenters. The first-order valence-electron chi connectivity index (χ1n) is 11.7. The zero-order valence-corrected chi connectivity index (χ0v) is 20.1. The van der Waals surface area contributed by atoms with E-state index in [4.69, 9.17) is 9.47 Å². The van der Waals surface area contributed by atoms with Crippen molar-refractivity contribution in [2.75, 3.05) is 27.7 Å². The van der Waals surface area contributed by atoms with Gasteiger partial charge in [0.1, 0.15) is 11.5 Å². The van der Waals surface area contributed by atoms with Crippen LogP contribution in [0.25, 0.3) is 16.3 Å². The third-order valence-corrected chi connectivity index (χ3v) is 6.44. The number of methoxy groups -OCH3 is 1. The van der Waals surface area contributed by atoms with Crippen LogP contribution >= 0.6 is 0 Å². The molecule has 0 spiro atoms. The SMILES string of the molecule is COc1ccc2cc(C(C)C(=O)Oc3ccccc3C3=C(CN(C)C)CCCC3)ccc2c1. The minimum atomic E-state index is -0.369. The average Bonchev–Trinajstić information content (AvgIpc) is 2.83. The summed E-state index contributed by atoms with van der Waals surface area (Å²) in [5.74, 6) is 0.880. The highest BCUT2D eigenvalue weighted by atomic mass is 16.5.